The minimum Gasteiger partial charge on any atom is -0.340 e. The molecule has 150 valence electrons. The lowest BCUT2D eigenvalue weighted by Crippen LogP contribution is -2.46. The van der Waals surface area contributed by atoms with E-state index in [-0.39, 0.29) is 6.04 Å². The molecule has 7 heteroatoms. The van der Waals surface area contributed by atoms with Crippen molar-refractivity contribution in [1.82, 2.24) is 25.5 Å². The molecule has 1 saturated heterocycles. The molecule has 1 aliphatic heterocycles. The zero-order valence-corrected chi connectivity index (χ0v) is 16.5. The molecule has 7 nitrogen and oxygen atoms in total. The van der Waals surface area contributed by atoms with Crippen LogP contribution in [0.3, 0.4) is 0 Å². The monoisotopic (exact) mass is 397 g/mol. The smallest absolute Gasteiger partial charge is 0.227 e. The van der Waals surface area contributed by atoms with Gasteiger partial charge in [-0.3, -0.25) is 5.10 Å². The molecule has 0 saturated carbocycles. The third kappa shape index (κ3) is 4.01. The first kappa shape index (κ1) is 18.3. The molecule has 3 heterocycles. The number of piperazine rings is 1. The lowest BCUT2D eigenvalue weighted by atomic mass is 10.1. The van der Waals surface area contributed by atoms with E-state index in [2.05, 4.69) is 67.1 Å². The van der Waals surface area contributed by atoms with E-state index in [1.807, 2.05) is 42.9 Å². The van der Waals surface area contributed by atoms with Crippen LogP contribution in [0.4, 0.5) is 17.5 Å². The lowest BCUT2D eigenvalue weighted by Gasteiger charge is -2.34. The minimum absolute atomic E-state index is 0.274. The molecule has 0 amide bonds. The Morgan fingerprint density at radius 1 is 0.967 bits per heavy atom. The van der Waals surface area contributed by atoms with Crippen LogP contribution < -0.4 is 15.5 Å². The van der Waals surface area contributed by atoms with E-state index >= 15 is 0 Å². The second kappa shape index (κ2) is 8.34. The summed E-state index contributed by atoms with van der Waals surface area (Å²) in [5.41, 5.74) is 4.45. The second-order valence-electron chi connectivity index (χ2n) is 7.29. The van der Waals surface area contributed by atoms with Crippen molar-refractivity contribution in [3.05, 3.63) is 84.8 Å². The number of nitrogens with zero attached hydrogens (tertiary/aromatic N) is 4. The van der Waals surface area contributed by atoms with Crippen molar-refractivity contribution in [3.63, 3.8) is 0 Å². The molecule has 1 atom stereocenters. The van der Waals surface area contributed by atoms with Crippen LogP contribution >= 0.6 is 0 Å². The Kier molecular flexibility index (Phi) is 5.10. The van der Waals surface area contributed by atoms with Crippen molar-refractivity contribution < 1.29 is 0 Å². The molecule has 0 radical (unpaired) electrons. The van der Waals surface area contributed by atoms with Crippen LogP contribution in [-0.4, -0.2) is 39.8 Å². The van der Waals surface area contributed by atoms with Crippen molar-refractivity contribution in [2.75, 3.05) is 29.9 Å². The fourth-order valence-electron chi connectivity index (χ4n) is 3.71. The van der Waals surface area contributed by atoms with Gasteiger partial charge in [-0.25, -0.2) is 4.98 Å². The van der Waals surface area contributed by atoms with E-state index in [1.165, 1.54) is 5.56 Å². The summed E-state index contributed by atoms with van der Waals surface area (Å²) >= 11 is 0. The average Bonchev–Trinajstić information content (AvgIpc) is 3.36. The Hall–Kier alpha value is -3.71. The van der Waals surface area contributed by atoms with Gasteiger partial charge < -0.3 is 15.5 Å². The maximum atomic E-state index is 4.75. The van der Waals surface area contributed by atoms with Crippen molar-refractivity contribution in [2.45, 2.75) is 6.04 Å². The molecule has 0 spiro atoms. The highest BCUT2D eigenvalue weighted by atomic mass is 15.3. The highest BCUT2D eigenvalue weighted by molar-refractivity contribution is 5.66. The molecule has 1 unspecified atom stereocenters. The standard InChI is InChI=1S/C23H23N7/c1-2-4-18(5-3-1)21-16-30(13-12-24-21)23-25-11-10-22(29-23)28-20-8-6-17(7-9-20)19-14-26-27-15-19/h1-11,14-15,21,24H,12-13,16H2,(H,26,27)(H,25,28,29). The summed E-state index contributed by atoms with van der Waals surface area (Å²) in [4.78, 5) is 11.5. The van der Waals surface area contributed by atoms with Gasteiger partial charge in [0.2, 0.25) is 5.95 Å². The van der Waals surface area contributed by atoms with Crippen molar-refractivity contribution >= 4 is 17.5 Å². The summed E-state index contributed by atoms with van der Waals surface area (Å²) in [6.07, 6.45) is 5.51. The Morgan fingerprint density at radius 2 is 1.83 bits per heavy atom. The number of hydrogen-bond donors (Lipinski definition) is 3. The Balaban J connectivity index is 1.29. The van der Waals surface area contributed by atoms with Gasteiger partial charge in [-0.05, 0) is 29.3 Å². The fourth-order valence-corrected chi connectivity index (χ4v) is 3.71. The van der Waals surface area contributed by atoms with E-state index in [9.17, 15) is 0 Å². The lowest BCUT2D eigenvalue weighted by molar-refractivity contribution is 0.467. The van der Waals surface area contributed by atoms with E-state index in [0.717, 1.165) is 48.2 Å². The number of aromatic amines is 1. The number of H-pyrrole nitrogens is 1. The molecule has 0 aliphatic carbocycles. The topological polar surface area (TPSA) is 81.8 Å². The maximum Gasteiger partial charge on any atom is 0.227 e. The van der Waals surface area contributed by atoms with Crippen LogP contribution in [0, 0.1) is 0 Å². The third-order valence-electron chi connectivity index (χ3n) is 5.29. The third-order valence-corrected chi connectivity index (χ3v) is 5.29. The molecule has 1 aliphatic rings. The van der Waals surface area contributed by atoms with Gasteiger partial charge in [-0.2, -0.15) is 10.1 Å². The summed E-state index contributed by atoms with van der Waals surface area (Å²) < 4.78 is 0. The molecular formula is C23H23N7. The van der Waals surface area contributed by atoms with E-state index in [0.29, 0.717) is 0 Å². The van der Waals surface area contributed by atoms with Crippen LogP contribution in [0.25, 0.3) is 11.1 Å². The van der Waals surface area contributed by atoms with Gasteiger partial charge in [0.15, 0.2) is 0 Å². The number of aromatic nitrogens is 4. The van der Waals surface area contributed by atoms with Crippen LogP contribution in [0.15, 0.2) is 79.3 Å². The second-order valence-corrected chi connectivity index (χ2v) is 7.29. The van der Waals surface area contributed by atoms with Gasteiger partial charge >= 0.3 is 0 Å². The summed E-state index contributed by atoms with van der Waals surface area (Å²) in [6.45, 7) is 2.62. The van der Waals surface area contributed by atoms with E-state index in [4.69, 9.17) is 4.98 Å². The van der Waals surface area contributed by atoms with Crippen LogP contribution in [0.2, 0.25) is 0 Å². The fraction of sp³-hybridized carbons (Fsp3) is 0.174. The van der Waals surface area contributed by atoms with Crippen LogP contribution in [0.5, 0.6) is 0 Å². The summed E-state index contributed by atoms with van der Waals surface area (Å²) in [5.74, 6) is 1.53. The van der Waals surface area contributed by atoms with Crippen LogP contribution in [-0.2, 0) is 0 Å². The number of rotatable bonds is 5. The first-order chi connectivity index (χ1) is 14.8. The van der Waals surface area contributed by atoms with Crippen molar-refractivity contribution in [1.29, 1.82) is 0 Å². The molecule has 0 bridgehead atoms. The van der Waals surface area contributed by atoms with Gasteiger partial charge in [0, 0.05) is 49.3 Å². The van der Waals surface area contributed by atoms with Crippen molar-refractivity contribution in [3.8, 4) is 11.1 Å². The molecule has 1 fully saturated rings. The molecule has 2 aromatic heterocycles. The number of hydrogen-bond acceptors (Lipinski definition) is 6. The molecule has 30 heavy (non-hydrogen) atoms. The van der Waals surface area contributed by atoms with E-state index < -0.39 is 0 Å². The van der Waals surface area contributed by atoms with Gasteiger partial charge in [0.1, 0.15) is 5.82 Å². The van der Waals surface area contributed by atoms with Crippen molar-refractivity contribution in [2.24, 2.45) is 0 Å². The highest BCUT2D eigenvalue weighted by Gasteiger charge is 2.22. The minimum atomic E-state index is 0.274. The molecule has 3 N–H and O–H groups in total. The zero-order chi connectivity index (χ0) is 20.2. The molecule has 4 aromatic rings. The Labute approximate surface area is 175 Å². The SMILES string of the molecule is c1ccc(C2CN(c3nccc(Nc4ccc(-c5cn[nH]c5)cc4)n3)CCN2)cc1. The Morgan fingerprint density at radius 3 is 2.63 bits per heavy atom. The van der Waals surface area contributed by atoms with Crippen LogP contribution in [0.1, 0.15) is 11.6 Å². The van der Waals surface area contributed by atoms with Gasteiger partial charge in [0.05, 0.1) is 6.20 Å². The largest absolute Gasteiger partial charge is 0.340 e. The zero-order valence-electron chi connectivity index (χ0n) is 16.5. The summed E-state index contributed by atoms with van der Waals surface area (Å²) in [6, 6.07) is 20.9. The average molecular weight is 397 g/mol. The van der Waals surface area contributed by atoms with Gasteiger partial charge in [0.25, 0.3) is 0 Å². The van der Waals surface area contributed by atoms with E-state index in [1.54, 1.807) is 0 Å². The highest BCUT2D eigenvalue weighted by Crippen LogP contribution is 2.24. The summed E-state index contributed by atoms with van der Waals surface area (Å²) in [5, 5.41) is 13.8. The van der Waals surface area contributed by atoms with Gasteiger partial charge in [-0.15, -0.1) is 0 Å². The quantitative estimate of drug-likeness (QED) is 0.476. The summed E-state index contributed by atoms with van der Waals surface area (Å²) in [7, 11) is 0. The number of benzene rings is 2. The maximum absolute atomic E-state index is 4.75. The first-order valence-corrected chi connectivity index (χ1v) is 10.1. The molecule has 5 rings (SSSR count). The predicted molar refractivity (Wildman–Crippen MR) is 119 cm³/mol. The predicted octanol–water partition coefficient (Wildman–Crippen LogP) is 3.76. The molecular weight excluding hydrogens is 374 g/mol. The normalized spacial score (nSPS) is 16.4. The van der Waals surface area contributed by atoms with Gasteiger partial charge in [-0.1, -0.05) is 42.5 Å². The first-order valence-electron chi connectivity index (χ1n) is 10.1. The number of anilines is 3. The number of nitrogens with one attached hydrogen (secondary N) is 3. The molecule has 2 aromatic carbocycles. The Bertz CT molecular complexity index is 1080.